The number of thiophene rings is 1. The van der Waals surface area contributed by atoms with E-state index in [0.717, 1.165) is 17.8 Å². The molecule has 0 unspecified atom stereocenters. The van der Waals surface area contributed by atoms with Crippen LogP contribution in [-0.4, -0.2) is 13.1 Å². The second-order valence-electron chi connectivity index (χ2n) is 12.6. The Kier molecular flexibility index (Phi) is 8.12. The van der Waals surface area contributed by atoms with E-state index >= 15 is 0 Å². The summed E-state index contributed by atoms with van der Waals surface area (Å²) in [5.74, 6) is 2.65. The van der Waals surface area contributed by atoms with Gasteiger partial charge < -0.3 is 0 Å². The predicted molar refractivity (Wildman–Crippen MR) is 166 cm³/mol. The summed E-state index contributed by atoms with van der Waals surface area (Å²) in [7, 11) is -1.69. The van der Waals surface area contributed by atoms with E-state index in [2.05, 4.69) is 116 Å². The quantitative estimate of drug-likeness (QED) is 0.202. The van der Waals surface area contributed by atoms with Crippen molar-refractivity contribution in [2.75, 3.05) is 0 Å². The number of pyridine rings is 1. The van der Waals surface area contributed by atoms with Crippen LogP contribution in [-0.2, 0) is 0 Å². The lowest BCUT2D eigenvalue weighted by Gasteiger charge is -2.36. The van der Waals surface area contributed by atoms with E-state index in [1.54, 1.807) is 4.50 Å². The molecule has 0 aliphatic carbocycles. The molecule has 4 rings (SSSR count). The average molecular weight is 516 g/mol. The van der Waals surface area contributed by atoms with Gasteiger partial charge in [0, 0.05) is 11.8 Å². The van der Waals surface area contributed by atoms with E-state index in [-0.39, 0.29) is 0 Å². The fraction of sp³-hybridized carbons (Fsp3) is 0.485. The van der Waals surface area contributed by atoms with Crippen LogP contribution in [0.2, 0.25) is 18.1 Å². The predicted octanol–water partition coefficient (Wildman–Crippen LogP) is 10.2. The van der Waals surface area contributed by atoms with Crippen LogP contribution >= 0.6 is 11.3 Å². The average Bonchev–Trinajstić information content (AvgIpc) is 3.14. The molecular formula is C33H45NSSi. The molecule has 0 bridgehead atoms. The van der Waals surface area contributed by atoms with Crippen LogP contribution in [0.1, 0.15) is 72.4 Å². The van der Waals surface area contributed by atoms with Gasteiger partial charge in [0.15, 0.2) is 0 Å². The maximum atomic E-state index is 5.03. The van der Waals surface area contributed by atoms with E-state index in [9.17, 15) is 0 Å². The molecular weight excluding hydrogens is 471 g/mol. The lowest BCUT2D eigenvalue weighted by Crippen LogP contribution is -2.50. The zero-order valence-corrected chi connectivity index (χ0v) is 25.7. The highest BCUT2D eigenvalue weighted by molar-refractivity contribution is 7.32. The van der Waals surface area contributed by atoms with Crippen molar-refractivity contribution in [2.45, 2.75) is 86.4 Å². The first-order valence-electron chi connectivity index (χ1n) is 13.9. The third kappa shape index (κ3) is 5.33. The van der Waals surface area contributed by atoms with E-state index in [1.165, 1.54) is 61.4 Å². The molecule has 0 N–H and O–H groups in total. The van der Waals surface area contributed by atoms with Gasteiger partial charge >= 0.3 is 0 Å². The van der Waals surface area contributed by atoms with Crippen molar-refractivity contribution >= 4 is 44.8 Å². The van der Waals surface area contributed by atoms with Crippen molar-refractivity contribution in [1.29, 1.82) is 0 Å². The van der Waals surface area contributed by atoms with Crippen LogP contribution in [0, 0.1) is 24.7 Å². The molecule has 1 nitrogen and oxygen atoms in total. The van der Waals surface area contributed by atoms with Gasteiger partial charge in [0.1, 0.15) is 8.07 Å². The van der Waals surface area contributed by atoms with Gasteiger partial charge in [-0.25, -0.2) is 0 Å². The number of nitrogens with zero attached hydrogens (tertiary/aromatic N) is 1. The maximum Gasteiger partial charge on any atom is 0.101 e. The first-order chi connectivity index (χ1) is 17.0. The van der Waals surface area contributed by atoms with Crippen molar-refractivity contribution in [3.8, 4) is 11.3 Å². The third-order valence-electron chi connectivity index (χ3n) is 7.52. The molecule has 0 saturated heterocycles. The van der Waals surface area contributed by atoms with E-state index in [4.69, 9.17) is 4.98 Å². The van der Waals surface area contributed by atoms with Gasteiger partial charge in [0.25, 0.3) is 0 Å². The van der Waals surface area contributed by atoms with Gasteiger partial charge in [-0.05, 0) is 80.6 Å². The molecule has 2 aromatic carbocycles. The summed E-state index contributed by atoms with van der Waals surface area (Å²) >= 11 is 2.10. The summed E-state index contributed by atoms with van der Waals surface area (Å²) in [4.78, 5) is 5.03. The van der Waals surface area contributed by atoms with Gasteiger partial charge in [0.05, 0.1) is 10.4 Å². The summed E-state index contributed by atoms with van der Waals surface area (Å²) in [6.45, 7) is 21.6. The number of aryl methyl sites for hydroxylation is 1. The lowest BCUT2D eigenvalue weighted by molar-refractivity contribution is 0.650. The normalized spacial score (nSPS) is 12.8. The summed E-state index contributed by atoms with van der Waals surface area (Å²) < 4.78 is 3.14. The number of fused-ring (bicyclic) bond motifs is 2. The second-order valence-corrected chi connectivity index (χ2v) is 18.3. The molecule has 2 aromatic heterocycles. The Balaban J connectivity index is 1.98. The molecule has 3 heteroatoms. The topological polar surface area (TPSA) is 12.9 Å². The third-order valence-corrected chi connectivity index (χ3v) is 16.4. The number of hydrogen-bond donors (Lipinski definition) is 0. The Morgan fingerprint density at radius 1 is 0.778 bits per heavy atom. The van der Waals surface area contributed by atoms with E-state index < -0.39 is 8.07 Å². The minimum Gasteiger partial charge on any atom is -0.255 e. The maximum absolute atomic E-state index is 5.03. The molecule has 192 valence electrons. The monoisotopic (exact) mass is 515 g/mol. The Bertz CT molecular complexity index is 1320. The van der Waals surface area contributed by atoms with Gasteiger partial charge in [-0.3, -0.25) is 4.98 Å². The Morgan fingerprint density at radius 2 is 1.39 bits per heavy atom. The SMILES string of the molecule is Cc1c([Si](CC(C)C)(CC(C)C)CC(C)C)sc2c(-c3cc(C(C)C)c4ccccc4c3)nccc12. The van der Waals surface area contributed by atoms with Crippen LogP contribution in [0.15, 0.2) is 48.7 Å². The molecule has 0 amide bonds. The molecule has 0 radical (unpaired) electrons. The molecule has 2 heterocycles. The number of benzene rings is 2. The standard InChI is InChI=1S/C33H45NSSi/c1-21(2)18-36(19-22(3)4,20-23(5)6)33-25(9)28-14-15-34-31(32(28)35-33)27-16-26-12-10-11-13-29(26)30(17-27)24(7)8/h10-17,21-24H,18-20H2,1-9H3. The van der Waals surface area contributed by atoms with Crippen LogP contribution in [0.25, 0.3) is 32.1 Å². The Labute approximate surface area is 224 Å². The van der Waals surface area contributed by atoms with Crippen LogP contribution in [0.3, 0.4) is 0 Å². The lowest BCUT2D eigenvalue weighted by atomic mass is 9.92. The number of hydrogen-bond acceptors (Lipinski definition) is 2. The molecule has 0 fully saturated rings. The Hall–Kier alpha value is -1.97. The highest BCUT2D eigenvalue weighted by Gasteiger charge is 2.40. The fourth-order valence-corrected chi connectivity index (χ4v) is 16.3. The van der Waals surface area contributed by atoms with Crippen molar-refractivity contribution in [2.24, 2.45) is 17.8 Å². The van der Waals surface area contributed by atoms with Gasteiger partial charge in [-0.2, -0.15) is 0 Å². The first-order valence-corrected chi connectivity index (χ1v) is 17.4. The Morgan fingerprint density at radius 3 is 1.97 bits per heavy atom. The van der Waals surface area contributed by atoms with Crippen LogP contribution in [0.4, 0.5) is 0 Å². The van der Waals surface area contributed by atoms with Crippen molar-refractivity contribution < 1.29 is 0 Å². The van der Waals surface area contributed by atoms with Gasteiger partial charge in [0.2, 0.25) is 0 Å². The zero-order chi connectivity index (χ0) is 26.2. The molecule has 4 aromatic rings. The molecule has 0 saturated carbocycles. The molecule has 36 heavy (non-hydrogen) atoms. The molecule has 0 atom stereocenters. The van der Waals surface area contributed by atoms with Crippen molar-refractivity contribution in [3.63, 3.8) is 0 Å². The molecule has 0 aliphatic heterocycles. The van der Waals surface area contributed by atoms with E-state index in [1.807, 2.05) is 6.20 Å². The van der Waals surface area contributed by atoms with Gasteiger partial charge in [-0.15, -0.1) is 11.3 Å². The highest BCUT2D eigenvalue weighted by Crippen LogP contribution is 2.41. The minimum atomic E-state index is -1.69. The zero-order valence-electron chi connectivity index (χ0n) is 23.9. The second kappa shape index (κ2) is 10.8. The smallest absolute Gasteiger partial charge is 0.101 e. The number of aromatic nitrogens is 1. The van der Waals surface area contributed by atoms with Crippen molar-refractivity contribution in [1.82, 2.24) is 4.98 Å². The molecule has 0 spiro atoms. The van der Waals surface area contributed by atoms with Gasteiger partial charge in [-0.1, -0.05) is 97.8 Å². The van der Waals surface area contributed by atoms with Crippen LogP contribution in [0.5, 0.6) is 0 Å². The van der Waals surface area contributed by atoms with Crippen LogP contribution < -0.4 is 4.50 Å². The fourth-order valence-electron chi connectivity index (χ4n) is 6.69. The summed E-state index contributed by atoms with van der Waals surface area (Å²) in [5, 5.41) is 4.10. The summed E-state index contributed by atoms with van der Waals surface area (Å²) in [6, 6.07) is 20.0. The van der Waals surface area contributed by atoms with E-state index in [0.29, 0.717) is 5.92 Å². The number of rotatable bonds is 9. The van der Waals surface area contributed by atoms with Crippen molar-refractivity contribution in [3.05, 3.63) is 59.8 Å². The summed E-state index contributed by atoms with van der Waals surface area (Å²) in [6.07, 6.45) is 2.04. The largest absolute Gasteiger partial charge is 0.255 e. The summed E-state index contributed by atoms with van der Waals surface area (Å²) in [5.41, 5.74) is 5.39. The molecule has 0 aliphatic rings. The first kappa shape index (κ1) is 27.1. The minimum absolute atomic E-state index is 0.470. The highest BCUT2D eigenvalue weighted by atomic mass is 32.1.